The summed E-state index contributed by atoms with van der Waals surface area (Å²) in [7, 11) is 0. The SMILES string of the molecule is Cc1ccc(C(CNC(=O)CCc2cccnc2)N2CCOCC2)o1. The molecule has 6 nitrogen and oxygen atoms in total. The maximum absolute atomic E-state index is 12.2. The molecule has 1 fully saturated rings. The van der Waals surface area contributed by atoms with E-state index in [0.29, 0.717) is 32.6 Å². The van der Waals surface area contributed by atoms with Crippen LogP contribution in [0.25, 0.3) is 0 Å². The number of morpholine rings is 1. The summed E-state index contributed by atoms with van der Waals surface area (Å²) in [6.45, 7) is 5.59. The third kappa shape index (κ3) is 5.14. The molecule has 0 spiro atoms. The maximum atomic E-state index is 12.2. The van der Waals surface area contributed by atoms with Crippen LogP contribution in [0.3, 0.4) is 0 Å². The van der Waals surface area contributed by atoms with Crippen molar-refractivity contribution in [2.24, 2.45) is 0 Å². The van der Waals surface area contributed by atoms with Gasteiger partial charge in [-0.2, -0.15) is 0 Å². The summed E-state index contributed by atoms with van der Waals surface area (Å²) >= 11 is 0. The smallest absolute Gasteiger partial charge is 0.220 e. The monoisotopic (exact) mass is 343 g/mol. The first-order valence-electron chi connectivity index (χ1n) is 8.76. The Kier molecular flexibility index (Phi) is 6.19. The second kappa shape index (κ2) is 8.78. The van der Waals surface area contributed by atoms with Crippen molar-refractivity contribution in [3.8, 4) is 0 Å². The van der Waals surface area contributed by atoms with Crippen LogP contribution >= 0.6 is 0 Å². The Morgan fingerprint density at radius 1 is 1.32 bits per heavy atom. The van der Waals surface area contributed by atoms with E-state index in [1.807, 2.05) is 31.2 Å². The molecule has 1 unspecified atom stereocenters. The van der Waals surface area contributed by atoms with Crippen molar-refractivity contribution >= 4 is 5.91 Å². The molecule has 1 atom stereocenters. The van der Waals surface area contributed by atoms with Gasteiger partial charge in [0.25, 0.3) is 0 Å². The van der Waals surface area contributed by atoms with Crippen molar-refractivity contribution in [1.29, 1.82) is 0 Å². The highest BCUT2D eigenvalue weighted by molar-refractivity contribution is 5.76. The minimum Gasteiger partial charge on any atom is -0.465 e. The lowest BCUT2D eigenvalue weighted by molar-refractivity contribution is -0.121. The number of aromatic nitrogens is 1. The van der Waals surface area contributed by atoms with Gasteiger partial charge in [0.1, 0.15) is 11.5 Å². The van der Waals surface area contributed by atoms with Crippen molar-refractivity contribution in [2.75, 3.05) is 32.8 Å². The number of carbonyl (C=O) groups is 1. The number of nitrogens with zero attached hydrogens (tertiary/aromatic N) is 2. The molecule has 0 aliphatic carbocycles. The molecule has 3 rings (SSSR count). The normalized spacial score (nSPS) is 16.5. The summed E-state index contributed by atoms with van der Waals surface area (Å²) in [6, 6.07) is 7.88. The summed E-state index contributed by atoms with van der Waals surface area (Å²) in [6.07, 6.45) is 4.69. The van der Waals surface area contributed by atoms with Crippen molar-refractivity contribution in [2.45, 2.75) is 25.8 Å². The molecule has 0 radical (unpaired) electrons. The molecule has 1 amide bonds. The molecule has 25 heavy (non-hydrogen) atoms. The molecule has 1 N–H and O–H groups in total. The molecule has 2 aromatic heterocycles. The van der Waals surface area contributed by atoms with Crippen LogP contribution < -0.4 is 5.32 Å². The van der Waals surface area contributed by atoms with Crippen LogP contribution in [0.4, 0.5) is 0 Å². The molecule has 134 valence electrons. The number of pyridine rings is 1. The lowest BCUT2D eigenvalue weighted by atomic mass is 10.1. The number of furan rings is 1. The van der Waals surface area contributed by atoms with E-state index >= 15 is 0 Å². The van der Waals surface area contributed by atoms with Crippen LogP contribution in [0.15, 0.2) is 41.1 Å². The van der Waals surface area contributed by atoms with Gasteiger partial charge in [0.05, 0.1) is 19.3 Å². The Hall–Kier alpha value is -2.18. The lowest BCUT2D eigenvalue weighted by Gasteiger charge is -2.33. The van der Waals surface area contributed by atoms with Crippen molar-refractivity contribution in [1.82, 2.24) is 15.2 Å². The van der Waals surface area contributed by atoms with Gasteiger partial charge in [-0.25, -0.2) is 0 Å². The average molecular weight is 343 g/mol. The van der Waals surface area contributed by atoms with Gasteiger partial charge in [0.2, 0.25) is 5.91 Å². The number of carbonyl (C=O) groups excluding carboxylic acids is 1. The number of nitrogens with one attached hydrogen (secondary N) is 1. The number of hydrogen-bond acceptors (Lipinski definition) is 5. The van der Waals surface area contributed by atoms with E-state index in [2.05, 4.69) is 15.2 Å². The summed E-state index contributed by atoms with van der Waals surface area (Å²) in [5.74, 6) is 1.83. The highest BCUT2D eigenvalue weighted by atomic mass is 16.5. The summed E-state index contributed by atoms with van der Waals surface area (Å²) < 4.78 is 11.3. The summed E-state index contributed by atoms with van der Waals surface area (Å²) in [4.78, 5) is 18.6. The zero-order valence-corrected chi connectivity index (χ0v) is 14.6. The minimum atomic E-state index is 0.0416. The molecule has 0 bridgehead atoms. The van der Waals surface area contributed by atoms with E-state index in [1.165, 1.54) is 0 Å². The first kappa shape index (κ1) is 17.6. The lowest BCUT2D eigenvalue weighted by Crippen LogP contribution is -2.43. The highest BCUT2D eigenvalue weighted by Gasteiger charge is 2.25. The summed E-state index contributed by atoms with van der Waals surface area (Å²) in [5, 5.41) is 3.06. The fourth-order valence-corrected chi connectivity index (χ4v) is 3.03. The van der Waals surface area contributed by atoms with Gasteiger partial charge in [-0.1, -0.05) is 6.07 Å². The first-order chi connectivity index (χ1) is 12.2. The number of ether oxygens (including phenoxy) is 1. The number of rotatable bonds is 7. The van der Waals surface area contributed by atoms with Crippen LogP contribution in [0.2, 0.25) is 0 Å². The fraction of sp³-hybridized carbons (Fsp3) is 0.474. The van der Waals surface area contributed by atoms with Crippen LogP contribution in [0.1, 0.15) is 29.5 Å². The Labute approximate surface area is 148 Å². The first-order valence-corrected chi connectivity index (χ1v) is 8.76. The van der Waals surface area contributed by atoms with Crippen LogP contribution in [0.5, 0.6) is 0 Å². The van der Waals surface area contributed by atoms with Crippen molar-refractivity contribution in [3.63, 3.8) is 0 Å². The van der Waals surface area contributed by atoms with Gasteiger partial charge in [-0.15, -0.1) is 0 Å². The van der Waals surface area contributed by atoms with E-state index in [0.717, 1.165) is 30.2 Å². The quantitative estimate of drug-likeness (QED) is 0.834. The molecule has 1 aliphatic rings. The third-order valence-electron chi connectivity index (χ3n) is 4.43. The molecule has 3 heterocycles. The third-order valence-corrected chi connectivity index (χ3v) is 4.43. The molecular weight excluding hydrogens is 318 g/mol. The Morgan fingerprint density at radius 3 is 2.84 bits per heavy atom. The second-order valence-electron chi connectivity index (χ2n) is 6.28. The molecular formula is C19H25N3O3. The van der Waals surface area contributed by atoms with Gasteiger partial charge < -0.3 is 14.5 Å². The topological polar surface area (TPSA) is 67.6 Å². The largest absolute Gasteiger partial charge is 0.465 e. The van der Waals surface area contributed by atoms with Crippen molar-refractivity contribution < 1.29 is 13.9 Å². The number of hydrogen-bond donors (Lipinski definition) is 1. The van der Waals surface area contributed by atoms with Gasteiger partial charge >= 0.3 is 0 Å². The van der Waals surface area contributed by atoms with E-state index in [-0.39, 0.29) is 11.9 Å². The van der Waals surface area contributed by atoms with E-state index in [1.54, 1.807) is 12.4 Å². The summed E-state index contributed by atoms with van der Waals surface area (Å²) in [5.41, 5.74) is 1.07. The predicted molar refractivity (Wildman–Crippen MR) is 94.1 cm³/mol. The van der Waals surface area contributed by atoms with Gasteiger partial charge in [0, 0.05) is 38.4 Å². The Bertz CT molecular complexity index is 666. The Balaban J connectivity index is 1.55. The maximum Gasteiger partial charge on any atom is 0.220 e. The molecule has 0 saturated carbocycles. The Morgan fingerprint density at radius 2 is 2.16 bits per heavy atom. The van der Waals surface area contributed by atoms with Gasteiger partial charge in [-0.3, -0.25) is 14.7 Å². The highest BCUT2D eigenvalue weighted by Crippen LogP contribution is 2.23. The minimum absolute atomic E-state index is 0.0416. The molecule has 2 aromatic rings. The second-order valence-corrected chi connectivity index (χ2v) is 6.28. The molecule has 6 heteroatoms. The fourth-order valence-electron chi connectivity index (χ4n) is 3.03. The number of aryl methyl sites for hydroxylation is 2. The van der Waals surface area contributed by atoms with Gasteiger partial charge in [0.15, 0.2) is 0 Å². The average Bonchev–Trinajstić information content (AvgIpc) is 3.08. The molecule has 0 aromatic carbocycles. The van der Waals surface area contributed by atoms with E-state index in [4.69, 9.17) is 9.15 Å². The zero-order chi connectivity index (χ0) is 17.5. The van der Waals surface area contributed by atoms with Crippen LogP contribution in [0, 0.1) is 6.92 Å². The van der Waals surface area contributed by atoms with E-state index in [9.17, 15) is 4.79 Å². The van der Waals surface area contributed by atoms with Crippen LogP contribution in [-0.4, -0.2) is 48.6 Å². The standard InChI is InChI=1S/C19H25N3O3/c1-15-4-6-18(25-15)17(22-9-11-24-12-10-22)14-21-19(23)7-5-16-3-2-8-20-13-16/h2-4,6,8,13,17H,5,7,9-12,14H2,1H3,(H,21,23). The zero-order valence-electron chi connectivity index (χ0n) is 14.6. The van der Waals surface area contributed by atoms with Crippen LogP contribution in [-0.2, 0) is 16.0 Å². The molecule has 1 saturated heterocycles. The predicted octanol–water partition coefficient (Wildman–Crippen LogP) is 2.11. The van der Waals surface area contributed by atoms with Gasteiger partial charge in [-0.05, 0) is 37.1 Å². The van der Waals surface area contributed by atoms with E-state index < -0.39 is 0 Å². The molecule has 1 aliphatic heterocycles. The number of amides is 1. The van der Waals surface area contributed by atoms with Crippen molar-refractivity contribution in [3.05, 3.63) is 53.7 Å².